The topological polar surface area (TPSA) is 44.5 Å². The number of hydrogen-bond donors (Lipinski definition) is 1. The van der Waals surface area contributed by atoms with Crippen molar-refractivity contribution in [2.75, 3.05) is 14.2 Å². The molecule has 1 unspecified atom stereocenters. The number of hydrogen-bond acceptors (Lipinski definition) is 3. The lowest BCUT2D eigenvalue weighted by atomic mass is 9.81. The molecule has 2 N–H and O–H groups in total. The van der Waals surface area contributed by atoms with E-state index in [1.165, 1.54) is 0 Å². The zero-order valence-corrected chi connectivity index (χ0v) is 14.1. The molecule has 2 aromatic carbocycles. The minimum absolute atomic E-state index is 0.610. The maximum atomic E-state index is 6.74. The molecule has 0 bridgehead atoms. The first-order valence-electron chi connectivity index (χ1n) is 6.83. The van der Waals surface area contributed by atoms with Gasteiger partial charge in [-0.2, -0.15) is 0 Å². The quantitative estimate of drug-likeness (QED) is 0.884. The minimum Gasteiger partial charge on any atom is -0.495 e. The summed E-state index contributed by atoms with van der Waals surface area (Å²) in [4.78, 5) is 0. The smallest absolute Gasteiger partial charge is 0.142 e. The Morgan fingerprint density at radius 2 is 1.71 bits per heavy atom. The third kappa shape index (κ3) is 2.78. The van der Waals surface area contributed by atoms with Crippen LogP contribution in [0.3, 0.4) is 0 Å². The van der Waals surface area contributed by atoms with Gasteiger partial charge in [-0.25, -0.2) is 0 Å². The van der Waals surface area contributed by atoms with E-state index in [0.29, 0.717) is 5.75 Å². The van der Waals surface area contributed by atoms with Crippen molar-refractivity contribution < 1.29 is 9.47 Å². The van der Waals surface area contributed by atoms with Crippen molar-refractivity contribution in [2.45, 2.75) is 18.9 Å². The molecule has 0 heterocycles. The summed E-state index contributed by atoms with van der Waals surface area (Å²) in [7, 11) is 3.27. The van der Waals surface area contributed by atoms with Gasteiger partial charge in [-0.05, 0) is 40.0 Å². The van der Waals surface area contributed by atoms with Gasteiger partial charge in [0.2, 0.25) is 0 Å². The van der Waals surface area contributed by atoms with Crippen LogP contribution >= 0.6 is 15.9 Å². The number of rotatable bonds is 5. The third-order valence-electron chi connectivity index (χ3n) is 3.81. The fourth-order valence-corrected chi connectivity index (χ4v) is 3.20. The average molecular weight is 350 g/mol. The van der Waals surface area contributed by atoms with Gasteiger partial charge < -0.3 is 15.2 Å². The number of methoxy groups -OCH3 is 2. The highest BCUT2D eigenvalue weighted by Gasteiger charge is 2.32. The van der Waals surface area contributed by atoms with Crippen LogP contribution in [0.25, 0.3) is 0 Å². The molecule has 0 aliphatic carbocycles. The lowest BCUT2D eigenvalue weighted by Gasteiger charge is -2.31. The molecule has 0 spiro atoms. The highest BCUT2D eigenvalue weighted by molar-refractivity contribution is 9.10. The summed E-state index contributed by atoms with van der Waals surface area (Å²) in [6.45, 7) is 2.07. The Bertz CT molecular complexity index is 616. The maximum Gasteiger partial charge on any atom is 0.142 e. The molecule has 2 aromatic rings. The molecule has 0 aromatic heterocycles. The standard InChI is InChI=1S/C17H20BrNO2/c1-4-17(19,12-8-6-5-7-9-12)13-10-11-14(20-2)15(18)16(13)21-3/h5-11H,4,19H2,1-3H3. The summed E-state index contributed by atoms with van der Waals surface area (Å²) in [5.74, 6) is 1.43. The van der Waals surface area contributed by atoms with Crippen LogP contribution in [0, 0.1) is 0 Å². The molecule has 3 nitrogen and oxygen atoms in total. The van der Waals surface area contributed by atoms with Gasteiger partial charge in [-0.15, -0.1) is 0 Å². The van der Waals surface area contributed by atoms with Crippen molar-refractivity contribution in [3.8, 4) is 11.5 Å². The van der Waals surface area contributed by atoms with Crippen molar-refractivity contribution in [2.24, 2.45) is 5.73 Å². The third-order valence-corrected chi connectivity index (χ3v) is 4.56. The van der Waals surface area contributed by atoms with Crippen LogP contribution in [-0.4, -0.2) is 14.2 Å². The van der Waals surface area contributed by atoms with Crippen LogP contribution in [0.1, 0.15) is 24.5 Å². The monoisotopic (exact) mass is 349 g/mol. The molecular formula is C17H20BrNO2. The van der Waals surface area contributed by atoms with Gasteiger partial charge >= 0.3 is 0 Å². The van der Waals surface area contributed by atoms with Crippen molar-refractivity contribution >= 4 is 15.9 Å². The lowest BCUT2D eigenvalue weighted by molar-refractivity contribution is 0.374. The van der Waals surface area contributed by atoms with E-state index in [0.717, 1.165) is 27.8 Å². The fraction of sp³-hybridized carbons (Fsp3) is 0.294. The van der Waals surface area contributed by atoms with Gasteiger partial charge in [0.05, 0.1) is 19.8 Å². The van der Waals surface area contributed by atoms with Gasteiger partial charge in [-0.1, -0.05) is 37.3 Å². The van der Waals surface area contributed by atoms with Crippen LogP contribution in [-0.2, 0) is 5.54 Å². The number of ether oxygens (including phenoxy) is 2. The second-order valence-corrected chi connectivity index (χ2v) is 5.65. The van der Waals surface area contributed by atoms with Gasteiger partial charge in [0, 0.05) is 5.56 Å². The predicted octanol–water partition coefficient (Wildman–Crippen LogP) is 4.08. The van der Waals surface area contributed by atoms with E-state index < -0.39 is 5.54 Å². The van der Waals surface area contributed by atoms with Gasteiger partial charge in [-0.3, -0.25) is 0 Å². The normalized spacial score (nSPS) is 13.6. The summed E-state index contributed by atoms with van der Waals surface area (Å²) in [5.41, 5.74) is 8.12. The Balaban J connectivity index is 2.66. The number of halogens is 1. The first-order chi connectivity index (χ1) is 10.1. The molecule has 0 radical (unpaired) electrons. The Hall–Kier alpha value is -1.52. The summed E-state index contributed by atoms with van der Waals surface area (Å²) in [6.07, 6.45) is 0.756. The molecule has 0 saturated heterocycles. The molecule has 112 valence electrons. The molecule has 4 heteroatoms. The fourth-order valence-electron chi connectivity index (χ4n) is 2.53. The Morgan fingerprint density at radius 1 is 1.05 bits per heavy atom. The molecule has 0 saturated carbocycles. The Morgan fingerprint density at radius 3 is 2.24 bits per heavy atom. The van der Waals surface area contributed by atoms with Crippen LogP contribution in [0.15, 0.2) is 46.9 Å². The Labute approximate surface area is 134 Å². The molecule has 0 amide bonds. The zero-order chi connectivity index (χ0) is 15.5. The summed E-state index contributed by atoms with van der Waals surface area (Å²) < 4.78 is 11.7. The van der Waals surface area contributed by atoms with Crippen molar-refractivity contribution in [3.63, 3.8) is 0 Å². The molecule has 1 atom stereocenters. The first kappa shape index (κ1) is 15.9. The lowest BCUT2D eigenvalue weighted by Crippen LogP contribution is -2.37. The molecule has 21 heavy (non-hydrogen) atoms. The summed E-state index contributed by atoms with van der Waals surface area (Å²) in [5, 5.41) is 0. The van der Waals surface area contributed by atoms with Gasteiger partial charge in [0.15, 0.2) is 0 Å². The van der Waals surface area contributed by atoms with E-state index in [1.807, 2.05) is 42.5 Å². The van der Waals surface area contributed by atoms with E-state index in [-0.39, 0.29) is 0 Å². The van der Waals surface area contributed by atoms with Crippen LogP contribution in [0.5, 0.6) is 11.5 Å². The number of nitrogens with two attached hydrogens (primary N) is 1. The molecular weight excluding hydrogens is 330 g/mol. The first-order valence-corrected chi connectivity index (χ1v) is 7.63. The predicted molar refractivity (Wildman–Crippen MR) is 88.9 cm³/mol. The zero-order valence-electron chi connectivity index (χ0n) is 12.5. The highest BCUT2D eigenvalue weighted by atomic mass is 79.9. The SMILES string of the molecule is CCC(N)(c1ccccc1)c1ccc(OC)c(Br)c1OC. The van der Waals surface area contributed by atoms with E-state index in [4.69, 9.17) is 15.2 Å². The van der Waals surface area contributed by atoms with Crippen LogP contribution in [0.2, 0.25) is 0 Å². The van der Waals surface area contributed by atoms with E-state index in [2.05, 4.69) is 22.9 Å². The van der Waals surface area contributed by atoms with Crippen molar-refractivity contribution in [3.05, 3.63) is 58.1 Å². The van der Waals surface area contributed by atoms with Gasteiger partial charge in [0.25, 0.3) is 0 Å². The minimum atomic E-state index is -0.610. The molecule has 0 aliphatic heterocycles. The second-order valence-electron chi connectivity index (χ2n) is 4.85. The second kappa shape index (κ2) is 6.50. The van der Waals surface area contributed by atoms with E-state index in [1.54, 1.807) is 14.2 Å². The number of benzene rings is 2. The van der Waals surface area contributed by atoms with Crippen molar-refractivity contribution in [1.29, 1.82) is 0 Å². The maximum absolute atomic E-state index is 6.74. The summed E-state index contributed by atoms with van der Waals surface area (Å²) >= 11 is 3.54. The van der Waals surface area contributed by atoms with Crippen LogP contribution in [0.4, 0.5) is 0 Å². The molecule has 0 aliphatic rings. The van der Waals surface area contributed by atoms with E-state index >= 15 is 0 Å². The Kier molecular flexibility index (Phi) is 4.91. The largest absolute Gasteiger partial charge is 0.495 e. The highest BCUT2D eigenvalue weighted by Crippen LogP contribution is 2.43. The summed E-state index contributed by atoms with van der Waals surface area (Å²) in [6, 6.07) is 13.9. The van der Waals surface area contributed by atoms with Crippen LogP contribution < -0.4 is 15.2 Å². The molecule has 0 fully saturated rings. The van der Waals surface area contributed by atoms with E-state index in [9.17, 15) is 0 Å². The molecule has 2 rings (SSSR count). The average Bonchev–Trinajstić information content (AvgIpc) is 2.54. The van der Waals surface area contributed by atoms with Crippen molar-refractivity contribution in [1.82, 2.24) is 0 Å². The van der Waals surface area contributed by atoms with Gasteiger partial charge in [0.1, 0.15) is 16.0 Å².